The standard InChI is InChI=1S/C20H26N8/c1-15-5-4-6-17(11-15)23-20-12-16(2)24-28(20)19-13-18(21-14-22-19)25-27-9-7-26(3)8-10-27/h4-6,11-14,23H,7-10H2,1-3H3,(H,21,22,25). The molecular weight excluding hydrogens is 352 g/mol. The van der Waals surface area contributed by atoms with Crippen LogP contribution in [0, 0.1) is 13.8 Å². The van der Waals surface area contributed by atoms with Crippen LogP contribution in [-0.4, -0.2) is 62.9 Å². The molecule has 8 heteroatoms. The first-order chi connectivity index (χ1) is 13.6. The molecule has 2 N–H and O–H groups in total. The summed E-state index contributed by atoms with van der Waals surface area (Å²) in [4.78, 5) is 11.1. The summed E-state index contributed by atoms with van der Waals surface area (Å²) < 4.78 is 1.81. The smallest absolute Gasteiger partial charge is 0.161 e. The molecule has 0 spiro atoms. The number of aromatic nitrogens is 4. The van der Waals surface area contributed by atoms with Crippen LogP contribution in [0.15, 0.2) is 42.7 Å². The molecule has 28 heavy (non-hydrogen) atoms. The Labute approximate surface area is 165 Å². The first kappa shape index (κ1) is 18.4. The van der Waals surface area contributed by atoms with Crippen molar-refractivity contribution in [2.45, 2.75) is 13.8 Å². The van der Waals surface area contributed by atoms with Gasteiger partial charge in [-0.05, 0) is 38.6 Å². The van der Waals surface area contributed by atoms with Gasteiger partial charge < -0.3 is 15.6 Å². The third-order valence-corrected chi connectivity index (χ3v) is 4.77. The van der Waals surface area contributed by atoms with Gasteiger partial charge in [0.15, 0.2) is 5.82 Å². The topological polar surface area (TPSA) is 74.1 Å². The van der Waals surface area contributed by atoms with Gasteiger partial charge in [-0.15, -0.1) is 0 Å². The first-order valence-corrected chi connectivity index (χ1v) is 9.50. The molecule has 0 aliphatic carbocycles. The molecule has 3 aromatic rings. The van der Waals surface area contributed by atoms with Crippen LogP contribution >= 0.6 is 0 Å². The van der Waals surface area contributed by atoms with Crippen molar-refractivity contribution in [1.82, 2.24) is 29.7 Å². The molecule has 0 saturated carbocycles. The Hall–Kier alpha value is -2.97. The molecular formula is C20H26N8. The van der Waals surface area contributed by atoms with E-state index in [1.807, 2.05) is 35.9 Å². The molecule has 1 fully saturated rings. The van der Waals surface area contributed by atoms with Crippen LogP contribution in [0.5, 0.6) is 0 Å². The van der Waals surface area contributed by atoms with Gasteiger partial charge in [0, 0.05) is 44.0 Å². The van der Waals surface area contributed by atoms with Crippen molar-refractivity contribution >= 4 is 17.3 Å². The summed E-state index contributed by atoms with van der Waals surface area (Å²) in [6.07, 6.45) is 1.57. The number of piperazine rings is 1. The quantitative estimate of drug-likeness (QED) is 0.707. The zero-order valence-electron chi connectivity index (χ0n) is 16.6. The van der Waals surface area contributed by atoms with Crippen LogP contribution in [-0.2, 0) is 0 Å². The average molecular weight is 378 g/mol. The van der Waals surface area contributed by atoms with Crippen LogP contribution in [0.2, 0.25) is 0 Å². The lowest BCUT2D eigenvalue weighted by atomic mass is 10.2. The largest absolute Gasteiger partial charge is 0.340 e. The fourth-order valence-electron chi connectivity index (χ4n) is 3.24. The molecule has 0 bridgehead atoms. The highest BCUT2D eigenvalue weighted by Gasteiger charge is 2.15. The fourth-order valence-corrected chi connectivity index (χ4v) is 3.24. The molecule has 3 heterocycles. The number of anilines is 3. The molecule has 2 aromatic heterocycles. The molecule has 4 rings (SSSR count). The van der Waals surface area contributed by atoms with Gasteiger partial charge in [0.2, 0.25) is 0 Å². The maximum Gasteiger partial charge on any atom is 0.161 e. The lowest BCUT2D eigenvalue weighted by Gasteiger charge is -2.32. The summed E-state index contributed by atoms with van der Waals surface area (Å²) in [5.41, 5.74) is 6.53. The van der Waals surface area contributed by atoms with Crippen molar-refractivity contribution in [2.75, 3.05) is 44.0 Å². The third-order valence-electron chi connectivity index (χ3n) is 4.77. The number of hydrazine groups is 1. The second-order valence-corrected chi connectivity index (χ2v) is 7.24. The zero-order chi connectivity index (χ0) is 19.5. The Morgan fingerprint density at radius 1 is 0.964 bits per heavy atom. The molecule has 146 valence electrons. The van der Waals surface area contributed by atoms with Gasteiger partial charge in [0.1, 0.15) is 18.0 Å². The van der Waals surface area contributed by atoms with E-state index in [4.69, 9.17) is 0 Å². The summed E-state index contributed by atoms with van der Waals surface area (Å²) in [6.45, 7) is 8.03. The minimum atomic E-state index is 0.717. The summed E-state index contributed by atoms with van der Waals surface area (Å²) in [5.74, 6) is 2.35. The summed E-state index contributed by atoms with van der Waals surface area (Å²) >= 11 is 0. The maximum atomic E-state index is 4.61. The minimum absolute atomic E-state index is 0.717. The number of hydrogen-bond donors (Lipinski definition) is 2. The summed E-state index contributed by atoms with van der Waals surface area (Å²) in [7, 11) is 2.14. The molecule has 1 aliphatic rings. The normalized spacial score (nSPS) is 15.5. The van der Waals surface area contributed by atoms with E-state index >= 15 is 0 Å². The average Bonchev–Trinajstić information content (AvgIpc) is 3.04. The van der Waals surface area contributed by atoms with Crippen molar-refractivity contribution in [2.24, 2.45) is 0 Å². The van der Waals surface area contributed by atoms with Gasteiger partial charge in [0.05, 0.1) is 5.69 Å². The molecule has 8 nitrogen and oxygen atoms in total. The second kappa shape index (κ2) is 7.95. The number of rotatable bonds is 5. The predicted molar refractivity (Wildman–Crippen MR) is 111 cm³/mol. The number of nitrogens with one attached hydrogen (secondary N) is 2. The number of hydrogen-bond acceptors (Lipinski definition) is 7. The highest BCUT2D eigenvalue weighted by Crippen LogP contribution is 2.22. The van der Waals surface area contributed by atoms with E-state index in [9.17, 15) is 0 Å². The van der Waals surface area contributed by atoms with E-state index < -0.39 is 0 Å². The van der Waals surface area contributed by atoms with Crippen LogP contribution in [0.25, 0.3) is 5.82 Å². The van der Waals surface area contributed by atoms with Gasteiger partial charge in [-0.25, -0.2) is 15.0 Å². The SMILES string of the molecule is Cc1cccc(Nc2cc(C)nn2-c2cc(NN3CCN(C)CC3)ncn2)c1. The Morgan fingerprint density at radius 2 is 1.79 bits per heavy atom. The molecule has 1 aliphatic heterocycles. The Balaban J connectivity index is 1.56. The van der Waals surface area contributed by atoms with E-state index in [0.29, 0.717) is 0 Å². The molecule has 1 aromatic carbocycles. The van der Waals surface area contributed by atoms with Gasteiger partial charge in [-0.3, -0.25) is 0 Å². The molecule has 0 unspecified atom stereocenters. The van der Waals surface area contributed by atoms with Crippen LogP contribution in [0.1, 0.15) is 11.3 Å². The first-order valence-electron chi connectivity index (χ1n) is 9.50. The van der Waals surface area contributed by atoms with E-state index in [1.165, 1.54) is 5.56 Å². The molecule has 0 atom stereocenters. The van der Waals surface area contributed by atoms with Crippen molar-refractivity contribution in [3.8, 4) is 5.82 Å². The van der Waals surface area contributed by atoms with Gasteiger partial charge in [0.25, 0.3) is 0 Å². The van der Waals surface area contributed by atoms with Gasteiger partial charge >= 0.3 is 0 Å². The molecule has 0 amide bonds. The Bertz CT molecular complexity index is 943. The zero-order valence-corrected chi connectivity index (χ0v) is 16.6. The molecule has 0 radical (unpaired) electrons. The van der Waals surface area contributed by atoms with Crippen molar-refractivity contribution < 1.29 is 0 Å². The monoisotopic (exact) mass is 378 g/mol. The number of likely N-dealkylation sites (N-methyl/N-ethyl adjacent to an activating group) is 1. The number of benzene rings is 1. The van der Waals surface area contributed by atoms with E-state index in [1.54, 1.807) is 6.33 Å². The lowest BCUT2D eigenvalue weighted by molar-refractivity contribution is 0.178. The number of nitrogens with zero attached hydrogens (tertiary/aromatic N) is 6. The fraction of sp³-hybridized carbons (Fsp3) is 0.350. The second-order valence-electron chi connectivity index (χ2n) is 7.24. The third kappa shape index (κ3) is 4.29. The summed E-state index contributed by atoms with van der Waals surface area (Å²) in [5, 5.41) is 10.2. The van der Waals surface area contributed by atoms with Gasteiger partial charge in [-0.1, -0.05) is 12.1 Å². The highest BCUT2D eigenvalue weighted by atomic mass is 15.5. The Kier molecular flexibility index (Phi) is 5.23. The van der Waals surface area contributed by atoms with Gasteiger partial charge in [-0.2, -0.15) is 9.78 Å². The van der Waals surface area contributed by atoms with Crippen molar-refractivity contribution in [3.63, 3.8) is 0 Å². The lowest BCUT2D eigenvalue weighted by Crippen LogP contribution is -2.47. The number of aryl methyl sites for hydroxylation is 2. The van der Waals surface area contributed by atoms with Crippen molar-refractivity contribution in [3.05, 3.63) is 54.0 Å². The van der Waals surface area contributed by atoms with Crippen LogP contribution in [0.3, 0.4) is 0 Å². The minimum Gasteiger partial charge on any atom is -0.340 e. The Morgan fingerprint density at radius 3 is 2.57 bits per heavy atom. The van der Waals surface area contributed by atoms with Crippen molar-refractivity contribution in [1.29, 1.82) is 0 Å². The summed E-state index contributed by atoms with van der Waals surface area (Å²) in [6, 6.07) is 12.2. The van der Waals surface area contributed by atoms with Crippen LogP contribution in [0.4, 0.5) is 17.3 Å². The predicted octanol–water partition coefficient (Wildman–Crippen LogP) is 2.60. The van der Waals surface area contributed by atoms with Crippen LogP contribution < -0.4 is 10.7 Å². The van der Waals surface area contributed by atoms with E-state index in [2.05, 4.69) is 61.8 Å². The highest BCUT2D eigenvalue weighted by molar-refractivity contribution is 5.59. The maximum absolute atomic E-state index is 4.61. The van der Waals surface area contributed by atoms with E-state index in [-0.39, 0.29) is 0 Å². The molecule has 1 saturated heterocycles. The van der Waals surface area contributed by atoms with E-state index in [0.717, 1.165) is 55.0 Å².